The number of hydrogen-bond donors (Lipinski definition) is 2. The summed E-state index contributed by atoms with van der Waals surface area (Å²) in [5, 5.41) is 6.80. The van der Waals surface area contributed by atoms with Crippen LogP contribution in [0.3, 0.4) is 0 Å². The van der Waals surface area contributed by atoms with Crippen molar-refractivity contribution in [1.29, 1.82) is 0 Å². The lowest BCUT2D eigenvalue weighted by Crippen LogP contribution is -2.39. The van der Waals surface area contributed by atoms with E-state index in [1.54, 1.807) is 0 Å². The van der Waals surface area contributed by atoms with Crippen LogP contribution in [0.25, 0.3) is 0 Å². The second-order valence-corrected chi connectivity index (χ2v) is 6.20. The maximum atomic E-state index is 5.39. The molecule has 0 saturated carbocycles. The molecule has 0 radical (unpaired) electrons. The van der Waals surface area contributed by atoms with E-state index in [-0.39, 0.29) is 24.0 Å². The number of rotatable bonds is 13. The first-order valence-corrected chi connectivity index (χ1v) is 10.2. The molecule has 0 amide bonds. The summed E-state index contributed by atoms with van der Waals surface area (Å²) < 4.78 is 5.39. The summed E-state index contributed by atoms with van der Waals surface area (Å²) in [6, 6.07) is 11.0. The lowest BCUT2D eigenvalue weighted by atomic mass is 10.1. The van der Waals surface area contributed by atoms with Crippen molar-refractivity contribution in [3.05, 3.63) is 35.9 Å². The number of ether oxygens (including phenoxy) is 1. The van der Waals surface area contributed by atoms with Crippen molar-refractivity contribution in [1.82, 2.24) is 15.5 Å². The molecule has 0 heterocycles. The standard InChI is InChI=1S/C21H38N4O.HI/c1-5-22-21(23-16-12-13-17-26-8-4)24-18-20(25(6-2)7-3)19-14-10-9-11-15-19;/h9-11,14-15,20H,5-8,12-13,16-18H2,1-4H3,(H2,22,23,24);1H. The Hall–Kier alpha value is -0.860. The summed E-state index contributed by atoms with van der Waals surface area (Å²) in [7, 11) is 0. The molecule has 0 aromatic heterocycles. The Labute approximate surface area is 183 Å². The maximum Gasteiger partial charge on any atom is 0.191 e. The molecule has 27 heavy (non-hydrogen) atoms. The molecule has 5 nitrogen and oxygen atoms in total. The van der Waals surface area contributed by atoms with Gasteiger partial charge in [0.15, 0.2) is 5.96 Å². The van der Waals surface area contributed by atoms with Crippen molar-refractivity contribution in [3.8, 4) is 0 Å². The van der Waals surface area contributed by atoms with E-state index in [0.29, 0.717) is 6.04 Å². The van der Waals surface area contributed by atoms with E-state index in [1.165, 1.54) is 5.56 Å². The van der Waals surface area contributed by atoms with Gasteiger partial charge in [-0.3, -0.25) is 9.89 Å². The monoisotopic (exact) mass is 490 g/mol. The van der Waals surface area contributed by atoms with Crippen LogP contribution in [0, 0.1) is 0 Å². The van der Waals surface area contributed by atoms with E-state index in [9.17, 15) is 0 Å². The maximum absolute atomic E-state index is 5.39. The SMILES string of the molecule is CCNC(=NCC(c1ccccc1)N(CC)CC)NCCCCOCC.I. The summed E-state index contributed by atoms with van der Waals surface area (Å²) in [5.41, 5.74) is 1.33. The lowest BCUT2D eigenvalue weighted by molar-refractivity contribution is 0.143. The average Bonchev–Trinajstić information content (AvgIpc) is 2.68. The van der Waals surface area contributed by atoms with Gasteiger partial charge in [0, 0.05) is 26.3 Å². The molecule has 1 aromatic carbocycles. The third-order valence-electron chi connectivity index (χ3n) is 4.42. The van der Waals surface area contributed by atoms with Gasteiger partial charge in [-0.05, 0) is 45.3 Å². The van der Waals surface area contributed by atoms with E-state index in [1.807, 2.05) is 6.92 Å². The minimum atomic E-state index is 0. The van der Waals surface area contributed by atoms with Crippen LogP contribution in [-0.4, -0.2) is 56.8 Å². The number of aliphatic imine (C=N–C) groups is 1. The van der Waals surface area contributed by atoms with Gasteiger partial charge in [0.2, 0.25) is 0 Å². The third-order valence-corrected chi connectivity index (χ3v) is 4.42. The second-order valence-electron chi connectivity index (χ2n) is 6.20. The Balaban J connectivity index is 0.00000676. The van der Waals surface area contributed by atoms with Gasteiger partial charge in [-0.15, -0.1) is 24.0 Å². The van der Waals surface area contributed by atoms with Crippen LogP contribution in [0.5, 0.6) is 0 Å². The molecule has 1 aromatic rings. The molecule has 1 rings (SSSR count). The van der Waals surface area contributed by atoms with Crippen molar-refractivity contribution in [2.45, 2.75) is 46.6 Å². The first-order chi connectivity index (χ1) is 12.8. The van der Waals surface area contributed by atoms with Crippen molar-refractivity contribution in [3.63, 3.8) is 0 Å². The van der Waals surface area contributed by atoms with Gasteiger partial charge in [-0.2, -0.15) is 0 Å². The molecule has 6 heteroatoms. The molecule has 0 fully saturated rings. The Bertz CT molecular complexity index is 480. The van der Waals surface area contributed by atoms with Crippen LogP contribution in [0.15, 0.2) is 35.3 Å². The molecule has 0 spiro atoms. The summed E-state index contributed by atoms with van der Waals surface area (Å²) in [6.07, 6.45) is 2.16. The van der Waals surface area contributed by atoms with Gasteiger partial charge in [0.05, 0.1) is 12.6 Å². The molecule has 0 saturated heterocycles. The number of benzene rings is 1. The topological polar surface area (TPSA) is 48.9 Å². The van der Waals surface area contributed by atoms with Crippen LogP contribution in [0.1, 0.15) is 52.1 Å². The fraction of sp³-hybridized carbons (Fsp3) is 0.667. The van der Waals surface area contributed by atoms with E-state index >= 15 is 0 Å². The summed E-state index contributed by atoms with van der Waals surface area (Å²) in [6.45, 7) is 14.8. The summed E-state index contributed by atoms with van der Waals surface area (Å²) >= 11 is 0. The highest BCUT2D eigenvalue weighted by atomic mass is 127. The molecule has 1 atom stereocenters. The Morgan fingerprint density at radius 3 is 2.33 bits per heavy atom. The van der Waals surface area contributed by atoms with E-state index < -0.39 is 0 Å². The van der Waals surface area contributed by atoms with E-state index in [0.717, 1.165) is 64.7 Å². The highest BCUT2D eigenvalue weighted by molar-refractivity contribution is 14.0. The zero-order valence-electron chi connectivity index (χ0n) is 17.5. The van der Waals surface area contributed by atoms with Crippen LogP contribution >= 0.6 is 24.0 Å². The third kappa shape index (κ3) is 10.9. The molecular weight excluding hydrogens is 451 g/mol. The molecule has 0 aliphatic carbocycles. The van der Waals surface area contributed by atoms with Crippen molar-refractivity contribution in [2.24, 2.45) is 4.99 Å². The summed E-state index contributed by atoms with van der Waals surface area (Å²) in [4.78, 5) is 7.33. The molecule has 0 aliphatic heterocycles. The predicted octanol–water partition coefficient (Wildman–Crippen LogP) is 4.06. The van der Waals surface area contributed by atoms with Crippen LogP contribution in [0.2, 0.25) is 0 Å². The first kappa shape index (κ1) is 26.1. The van der Waals surface area contributed by atoms with Gasteiger partial charge in [-0.1, -0.05) is 44.2 Å². The summed E-state index contributed by atoms with van der Waals surface area (Å²) in [5.74, 6) is 0.900. The fourth-order valence-electron chi connectivity index (χ4n) is 2.97. The minimum absolute atomic E-state index is 0. The van der Waals surface area contributed by atoms with Gasteiger partial charge < -0.3 is 15.4 Å². The van der Waals surface area contributed by atoms with E-state index in [4.69, 9.17) is 9.73 Å². The number of unbranched alkanes of at least 4 members (excludes halogenated alkanes) is 1. The molecule has 156 valence electrons. The molecular formula is C21H39IN4O. The Morgan fingerprint density at radius 1 is 1.04 bits per heavy atom. The number of nitrogens with zero attached hydrogens (tertiary/aromatic N) is 2. The highest BCUT2D eigenvalue weighted by Gasteiger charge is 2.17. The normalized spacial score (nSPS) is 12.6. The van der Waals surface area contributed by atoms with Crippen molar-refractivity contribution < 1.29 is 4.74 Å². The smallest absolute Gasteiger partial charge is 0.191 e. The number of halogens is 1. The first-order valence-electron chi connectivity index (χ1n) is 10.2. The van der Waals surface area contributed by atoms with Gasteiger partial charge in [0.25, 0.3) is 0 Å². The van der Waals surface area contributed by atoms with Gasteiger partial charge in [0.1, 0.15) is 0 Å². The second kappa shape index (κ2) is 17.3. The zero-order chi connectivity index (χ0) is 19.0. The Kier molecular flexibility index (Phi) is 16.7. The molecule has 0 aliphatic rings. The number of guanidine groups is 1. The van der Waals surface area contributed by atoms with Crippen molar-refractivity contribution in [2.75, 3.05) is 45.9 Å². The van der Waals surface area contributed by atoms with Gasteiger partial charge >= 0.3 is 0 Å². The fourth-order valence-corrected chi connectivity index (χ4v) is 2.97. The number of hydrogen-bond acceptors (Lipinski definition) is 3. The number of likely N-dealkylation sites (N-methyl/N-ethyl adjacent to an activating group) is 1. The van der Waals surface area contributed by atoms with Crippen LogP contribution in [-0.2, 0) is 4.74 Å². The number of nitrogens with one attached hydrogen (secondary N) is 2. The highest BCUT2D eigenvalue weighted by Crippen LogP contribution is 2.20. The predicted molar refractivity (Wildman–Crippen MR) is 127 cm³/mol. The minimum Gasteiger partial charge on any atom is -0.382 e. The average molecular weight is 490 g/mol. The van der Waals surface area contributed by atoms with Crippen LogP contribution < -0.4 is 10.6 Å². The lowest BCUT2D eigenvalue weighted by Gasteiger charge is -2.29. The van der Waals surface area contributed by atoms with Gasteiger partial charge in [-0.25, -0.2) is 0 Å². The van der Waals surface area contributed by atoms with Crippen LogP contribution in [0.4, 0.5) is 0 Å². The molecule has 2 N–H and O–H groups in total. The zero-order valence-corrected chi connectivity index (χ0v) is 19.9. The van der Waals surface area contributed by atoms with Crippen molar-refractivity contribution >= 4 is 29.9 Å². The van der Waals surface area contributed by atoms with E-state index in [2.05, 4.69) is 66.6 Å². The largest absolute Gasteiger partial charge is 0.382 e. The quantitative estimate of drug-likeness (QED) is 0.190. The Morgan fingerprint density at radius 2 is 1.74 bits per heavy atom. The molecule has 1 unspecified atom stereocenters. The molecule has 0 bridgehead atoms.